The molecule has 0 saturated heterocycles. The van der Waals surface area contributed by atoms with Gasteiger partial charge in [0.1, 0.15) is 5.75 Å². The van der Waals surface area contributed by atoms with E-state index in [2.05, 4.69) is 17.0 Å². The van der Waals surface area contributed by atoms with Gasteiger partial charge in [0.25, 0.3) is 0 Å². The first-order valence-electron chi connectivity index (χ1n) is 8.16. The Morgan fingerprint density at radius 3 is 2.62 bits per heavy atom. The molecule has 0 spiro atoms. The maximum atomic E-state index is 12.0. The molecule has 5 heteroatoms. The monoisotopic (exact) mass is 326 g/mol. The lowest BCUT2D eigenvalue weighted by Gasteiger charge is -2.17. The Bertz CT molecular complexity index is 849. The van der Waals surface area contributed by atoms with Crippen LogP contribution in [0.5, 0.6) is 5.75 Å². The largest absolute Gasteiger partial charge is 0.494 e. The van der Waals surface area contributed by atoms with Crippen molar-refractivity contribution >= 4 is 11.1 Å². The molecule has 0 radical (unpaired) electrons. The molecule has 0 fully saturated rings. The minimum Gasteiger partial charge on any atom is -0.494 e. The van der Waals surface area contributed by atoms with E-state index >= 15 is 0 Å². The fraction of sp³-hybridized carbons (Fsp3) is 0.316. The number of nitrogens with zero attached hydrogens (tertiary/aromatic N) is 2. The Morgan fingerprint density at radius 2 is 1.88 bits per heavy atom. The first-order valence-corrected chi connectivity index (χ1v) is 8.16. The SMILES string of the molecule is CCOc1ccc(CN(C)CCn2c(=O)oc3ccccc32)cc1. The fourth-order valence-electron chi connectivity index (χ4n) is 2.74. The molecule has 1 heterocycles. The Labute approximate surface area is 141 Å². The topological polar surface area (TPSA) is 47.6 Å². The summed E-state index contributed by atoms with van der Waals surface area (Å²) in [5.41, 5.74) is 2.69. The van der Waals surface area contributed by atoms with Crippen molar-refractivity contribution in [2.45, 2.75) is 20.0 Å². The zero-order chi connectivity index (χ0) is 16.9. The summed E-state index contributed by atoms with van der Waals surface area (Å²) in [6, 6.07) is 15.6. The van der Waals surface area contributed by atoms with Crippen molar-refractivity contribution in [3.05, 3.63) is 64.6 Å². The van der Waals surface area contributed by atoms with Gasteiger partial charge in [0.05, 0.1) is 12.1 Å². The number of hydrogen-bond donors (Lipinski definition) is 0. The molecule has 5 nitrogen and oxygen atoms in total. The summed E-state index contributed by atoms with van der Waals surface area (Å²) >= 11 is 0. The molecule has 0 unspecified atom stereocenters. The molecule has 0 amide bonds. The van der Waals surface area contributed by atoms with Gasteiger partial charge < -0.3 is 14.1 Å². The number of ether oxygens (including phenoxy) is 1. The van der Waals surface area contributed by atoms with Gasteiger partial charge in [-0.05, 0) is 43.8 Å². The smallest absolute Gasteiger partial charge is 0.419 e. The van der Waals surface area contributed by atoms with Crippen molar-refractivity contribution in [1.29, 1.82) is 0 Å². The van der Waals surface area contributed by atoms with Crippen LogP contribution < -0.4 is 10.5 Å². The van der Waals surface area contributed by atoms with E-state index in [0.29, 0.717) is 18.7 Å². The normalized spacial score (nSPS) is 11.3. The van der Waals surface area contributed by atoms with Gasteiger partial charge >= 0.3 is 5.76 Å². The first kappa shape index (κ1) is 16.3. The van der Waals surface area contributed by atoms with E-state index in [1.54, 1.807) is 4.57 Å². The standard InChI is InChI=1S/C19H22N2O3/c1-3-23-16-10-8-15(9-11-16)14-20(2)12-13-21-17-6-4-5-7-18(17)24-19(21)22/h4-11H,3,12-14H2,1-2H3. The van der Waals surface area contributed by atoms with Crippen LogP contribution in [0.15, 0.2) is 57.7 Å². The maximum absolute atomic E-state index is 12.0. The predicted molar refractivity (Wildman–Crippen MR) is 94.4 cm³/mol. The van der Waals surface area contributed by atoms with E-state index in [-0.39, 0.29) is 5.76 Å². The summed E-state index contributed by atoms with van der Waals surface area (Å²) in [6.07, 6.45) is 0. The summed E-state index contributed by atoms with van der Waals surface area (Å²) in [6.45, 7) is 4.83. The number of para-hydroxylation sites is 2. The van der Waals surface area contributed by atoms with Gasteiger partial charge in [0, 0.05) is 19.6 Å². The van der Waals surface area contributed by atoms with E-state index in [0.717, 1.165) is 24.4 Å². The number of fused-ring (bicyclic) bond motifs is 1. The molecule has 0 bridgehead atoms. The molecular weight excluding hydrogens is 304 g/mol. The van der Waals surface area contributed by atoms with E-state index < -0.39 is 0 Å². The van der Waals surface area contributed by atoms with Crippen LogP contribution in [0.25, 0.3) is 11.1 Å². The van der Waals surface area contributed by atoms with Gasteiger partial charge in [-0.3, -0.25) is 4.57 Å². The summed E-state index contributed by atoms with van der Waals surface area (Å²) in [5, 5.41) is 0. The summed E-state index contributed by atoms with van der Waals surface area (Å²) in [7, 11) is 2.05. The second-order valence-electron chi connectivity index (χ2n) is 5.80. The second kappa shape index (κ2) is 7.36. The predicted octanol–water partition coefficient (Wildman–Crippen LogP) is 3.13. The highest BCUT2D eigenvalue weighted by molar-refractivity contribution is 5.72. The van der Waals surface area contributed by atoms with Gasteiger partial charge in [-0.2, -0.15) is 0 Å². The van der Waals surface area contributed by atoms with E-state index in [4.69, 9.17) is 9.15 Å². The van der Waals surface area contributed by atoms with Gasteiger partial charge in [0.15, 0.2) is 5.58 Å². The van der Waals surface area contributed by atoms with Gasteiger partial charge in [0.2, 0.25) is 0 Å². The van der Waals surface area contributed by atoms with Crippen LogP contribution in [-0.4, -0.2) is 29.7 Å². The Morgan fingerprint density at radius 1 is 1.12 bits per heavy atom. The van der Waals surface area contributed by atoms with E-state index in [1.807, 2.05) is 50.4 Å². The van der Waals surface area contributed by atoms with Crippen LogP contribution in [0, 0.1) is 0 Å². The number of aromatic nitrogens is 1. The van der Waals surface area contributed by atoms with Crippen molar-refractivity contribution in [1.82, 2.24) is 9.47 Å². The van der Waals surface area contributed by atoms with Gasteiger partial charge in [-0.1, -0.05) is 24.3 Å². The molecule has 0 aliphatic heterocycles. The molecule has 24 heavy (non-hydrogen) atoms. The lowest BCUT2D eigenvalue weighted by Crippen LogP contribution is -2.26. The molecule has 0 saturated carbocycles. The Kier molecular flexibility index (Phi) is 5.01. The first-order chi connectivity index (χ1) is 11.7. The van der Waals surface area contributed by atoms with Crippen molar-refractivity contribution in [3.63, 3.8) is 0 Å². The third kappa shape index (κ3) is 3.68. The zero-order valence-electron chi connectivity index (χ0n) is 14.1. The quantitative estimate of drug-likeness (QED) is 0.669. The molecule has 0 N–H and O–H groups in total. The average molecular weight is 326 g/mol. The molecular formula is C19H22N2O3. The summed E-state index contributed by atoms with van der Waals surface area (Å²) in [5.74, 6) is 0.589. The highest BCUT2D eigenvalue weighted by Crippen LogP contribution is 2.14. The molecule has 0 atom stereocenters. The third-order valence-corrected chi connectivity index (χ3v) is 3.97. The van der Waals surface area contributed by atoms with Crippen molar-refractivity contribution in [2.75, 3.05) is 20.2 Å². The molecule has 3 rings (SSSR count). The number of hydrogen-bond acceptors (Lipinski definition) is 4. The minimum atomic E-state index is -0.300. The fourth-order valence-corrected chi connectivity index (χ4v) is 2.74. The summed E-state index contributed by atoms with van der Waals surface area (Å²) in [4.78, 5) is 14.2. The van der Waals surface area contributed by atoms with Gasteiger partial charge in [-0.15, -0.1) is 0 Å². The zero-order valence-corrected chi connectivity index (χ0v) is 14.1. The van der Waals surface area contributed by atoms with Crippen LogP contribution in [-0.2, 0) is 13.1 Å². The number of rotatable bonds is 7. The van der Waals surface area contributed by atoms with Crippen LogP contribution in [0.2, 0.25) is 0 Å². The van der Waals surface area contributed by atoms with Crippen LogP contribution in [0.3, 0.4) is 0 Å². The maximum Gasteiger partial charge on any atom is 0.419 e. The minimum absolute atomic E-state index is 0.300. The average Bonchev–Trinajstić information content (AvgIpc) is 2.90. The molecule has 2 aromatic carbocycles. The number of benzene rings is 2. The molecule has 126 valence electrons. The molecule has 0 aliphatic rings. The van der Waals surface area contributed by atoms with Crippen molar-refractivity contribution < 1.29 is 9.15 Å². The second-order valence-corrected chi connectivity index (χ2v) is 5.80. The van der Waals surface area contributed by atoms with Crippen molar-refractivity contribution in [3.8, 4) is 5.75 Å². The molecule has 3 aromatic rings. The Hall–Kier alpha value is -2.53. The highest BCUT2D eigenvalue weighted by Gasteiger charge is 2.09. The van der Waals surface area contributed by atoms with Crippen LogP contribution in [0.4, 0.5) is 0 Å². The molecule has 0 aliphatic carbocycles. The van der Waals surface area contributed by atoms with Crippen LogP contribution in [0.1, 0.15) is 12.5 Å². The van der Waals surface area contributed by atoms with Crippen LogP contribution >= 0.6 is 0 Å². The summed E-state index contributed by atoms with van der Waals surface area (Å²) < 4.78 is 12.4. The number of oxazole rings is 1. The highest BCUT2D eigenvalue weighted by atomic mass is 16.5. The molecule has 1 aromatic heterocycles. The van der Waals surface area contributed by atoms with Crippen molar-refractivity contribution in [2.24, 2.45) is 0 Å². The Balaban J connectivity index is 1.61. The lowest BCUT2D eigenvalue weighted by atomic mass is 10.2. The number of likely N-dealkylation sites (N-methyl/N-ethyl adjacent to an activating group) is 1. The lowest BCUT2D eigenvalue weighted by molar-refractivity contribution is 0.307. The van der Waals surface area contributed by atoms with E-state index in [1.165, 1.54) is 5.56 Å². The van der Waals surface area contributed by atoms with Gasteiger partial charge in [-0.25, -0.2) is 4.79 Å². The van der Waals surface area contributed by atoms with E-state index in [9.17, 15) is 4.79 Å². The third-order valence-electron chi connectivity index (χ3n) is 3.97.